The molecule has 1 heterocycles. The van der Waals surface area contributed by atoms with E-state index in [1.807, 2.05) is 18.2 Å². The Morgan fingerprint density at radius 1 is 1.25 bits per heavy atom. The van der Waals surface area contributed by atoms with Gasteiger partial charge in [0.1, 0.15) is 11.5 Å². The lowest BCUT2D eigenvalue weighted by Gasteiger charge is -2.36. The summed E-state index contributed by atoms with van der Waals surface area (Å²) in [6, 6.07) is 13.0. The van der Waals surface area contributed by atoms with Crippen molar-refractivity contribution >= 4 is 0 Å². The van der Waals surface area contributed by atoms with Gasteiger partial charge in [-0.05, 0) is 48.6 Å². The molecular weight excluding hydrogens is 250 g/mol. The molecule has 1 saturated carbocycles. The highest BCUT2D eigenvalue weighted by Crippen LogP contribution is 2.37. The van der Waals surface area contributed by atoms with Crippen molar-refractivity contribution in [2.45, 2.75) is 31.2 Å². The van der Waals surface area contributed by atoms with Crippen LogP contribution in [0.3, 0.4) is 0 Å². The second kappa shape index (κ2) is 6.14. The van der Waals surface area contributed by atoms with Crippen molar-refractivity contribution < 1.29 is 9.15 Å². The summed E-state index contributed by atoms with van der Waals surface area (Å²) >= 11 is 0. The zero-order valence-corrected chi connectivity index (χ0v) is 11.8. The zero-order valence-electron chi connectivity index (χ0n) is 11.8. The fourth-order valence-corrected chi connectivity index (χ4v) is 2.81. The summed E-state index contributed by atoms with van der Waals surface area (Å²) in [4.78, 5) is 0. The molecule has 0 atom stereocenters. The Labute approximate surface area is 119 Å². The summed E-state index contributed by atoms with van der Waals surface area (Å²) in [6.45, 7) is 0.989. The van der Waals surface area contributed by atoms with Crippen LogP contribution in [0.4, 0.5) is 0 Å². The highest BCUT2D eigenvalue weighted by molar-refractivity contribution is 5.32. The van der Waals surface area contributed by atoms with Gasteiger partial charge in [0, 0.05) is 19.0 Å². The summed E-state index contributed by atoms with van der Waals surface area (Å²) in [7, 11) is 1.72. The van der Waals surface area contributed by atoms with Crippen molar-refractivity contribution in [2.75, 3.05) is 13.7 Å². The van der Waals surface area contributed by atoms with Crippen molar-refractivity contribution in [3.63, 3.8) is 0 Å². The molecule has 0 amide bonds. The number of benzene rings is 1. The molecular formula is C17H21NO2. The average molecular weight is 271 g/mol. The molecule has 1 fully saturated rings. The second-order valence-corrected chi connectivity index (χ2v) is 5.43. The molecule has 1 aromatic carbocycles. The Kier molecular flexibility index (Phi) is 4.07. The minimum absolute atomic E-state index is 0.640. The molecule has 2 aromatic rings. The topological polar surface area (TPSA) is 34.4 Å². The van der Waals surface area contributed by atoms with E-state index in [1.54, 1.807) is 13.4 Å². The average Bonchev–Trinajstić information content (AvgIpc) is 2.94. The molecule has 0 spiro atoms. The standard InChI is InChI=1S/C17H21NO2/c1-19-17-5-2-4-13(12-17)14-10-15(11-14)18-8-7-16-6-3-9-20-16/h2-6,9,12,14-15,18H,7-8,10-11H2,1H3. The van der Waals surface area contributed by atoms with Gasteiger partial charge >= 0.3 is 0 Å². The maximum Gasteiger partial charge on any atom is 0.119 e. The molecule has 0 bridgehead atoms. The van der Waals surface area contributed by atoms with Crippen molar-refractivity contribution in [1.29, 1.82) is 0 Å². The number of nitrogens with one attached hydrogen (secondary N) is 1. The highest BCUT2D eigenvalue weighted by atomic mass is 16.5. The molecule has 106 valence electrons. The van der Waals surface area contributed by atoms with Crippen molar-refractivity contribution in [3.05, 3.63) is 54.0 Å². The molecule has 3 rings (SSSR count). The first kappa shape index (κ1) is 13.3. The number of hydrogen-bond acceptors (Lipinski definition) is 3. The first-order valence-electron chi connectivity index (χ1n) is 7.25. The third kappa shape index (κ3) is 3.05. The van der Waals surface area contributed by atoms with Gasteiger partial charge in [0.05, 0.1) is 13.4 Å². The second-order valence-electron chi connectivity index (χ2n) is 5.43. The fraction of sp³-hybridized carbons (Fsp3) is 0.412. The number of methoxy groups -OCH3 is 1. The third-order valence-electron chi connectivity index (χ3n) is 4.09. The van der Waals surface area contributed by atoms with Crippen molar-refractivity contribution in [1.82, 2.24) is 5.32 Å². The van der Waals surface area contributed by atoms with Crippen LogP contribution >= 0.6 is 0 Å². The lowest BCUT2D eigenvalue weighted by Crippen LogP contribution is -2.40. The van der Waals surface area contributed by atoms with Crippen LogP contribution in [0.1, 0.15) is 30.1 Å². The fourth-order valence-electron chi connectivity index (χ4n) is 2.81. The largest absolute Gasteiger partial charge is 0.497 e. The van der Waals surface area contributed by atoms with E-state index in [0.29, 0.717) is 12.0 Å². The van der Waals surface area contributed by atoms with Crippen LogP contribution in [0.5, 0.6) is 5.75 Å². The summed E-state index contributed by atoms with van der Waals surface area (Å²) in [5.41, 5.74) is 1.40. The van der Waals surface area contributed by atoms with E-state index in [1.165, 1.54) is 18.4 Å². The van der Waals surface area contributed by atoms with Crippen molar-refractivity contribution in [3.8, 4) is 5.75 Å². The van der Waals surface area contributed by atoms with E-state index < -0.39 is 0 Å². The smallest absolute Gasteiger partial charge is 0.119 e. The molecule has 1 aliphatic carbocycles. The Hall–Kier alpha value is -1.74. The number of hydrogen-bond donors (Lipinski definition) is 1. The van der Waals surface area contributed by atoms with Gasteiger partial charge in [-0.15, -0.1) is 0 Å². The maximum absolute atomic E-state index is 5.33. The van der Waals surface area contributed by atoms with Gasteiger partial charge in [0.2, 0.25) is 0 Å². The molecule has 3 heteroatoms. The normalized spacial score (nSPS) is 21.4. The molecule has 0 radical (unpaired) electrons. The summed E-state index contributed by atoms with van der Waals surface area (Å²) in [6.07, 6.45) is 5.13. The Balaban J connectivity index is 1.42. The van der Waals surface area contributed by atoms with Gasteiger partial charge in [-0.2, -0.15) is 0 Å². The number of furan rings is 1. The third-order valence-corrected chi connectivity index (χ3v) is 4.09. The quantitative estimate of drug-likeness (QED) is 0.874. The van der Waals surface area contributed by atoms with E-state index in [-0.39, 0.29) is 0 Å². The van der Waals surface area contributed by atoms with Gasteiger partial charge in [-0.1, -0.05) is 12.1 Å². The molecule has 1 aliphatic rings. The molecule has 3 nitrogen and oxygen atoms in total. The predicted octanol–water partition coefficient (Wildman–Crippen LogP) is 3.37. The van der Waals surface area contributed by atoms with E-state index in [0.717, 1.165) is 24.5 Å². The van der Waals surface area contributed by atoms with Crippen LogP contribution in [-0.2, 0) is 6.42 Å². The first-order chi connectivity index (χ1) is 9.85. The number of ether oxygens (including phenoxy) is 1. The number of rotatable bonds is 6. The van der Waals surface area contributed by atoms with Crippen molar-refractivity contribution in [2.24, 2.45) is 0 Å². The van der Waals surface area contributed by atoms with Crippen LogP contribution in [-0.4, -0.2) is 19.7 Å². The minimum atomic E-state index is 0.640. The highest BCUT2D eigenvalue weighted by Gasteiger charge is 2.29. The van der Waals surface area contributed by atoms with Crippen LogP contribution in [0.2, 0.25) is 0 Å². The van der Waals surface area contributed by atoms with Crippen LogP contribution in [0, 0.1) is 0 Å². The molecule has 0 unspecified atom stereocenters. The Morgan fingerprint density at radius 2 is 2.15 bits per heavy atom. The van der Waals surface area contributed by atoms with Gasteiger partial charge in [0.25, 0.3) is 0 Å². The molecule has 0 aliphatic heterocycles. The Morgan fingerprint density at radius 3 is 2.90 bits per heavy atom. The molecule has 1 aromatic heterocycles. The maximum atomic E-state index is 5.33. The van der Waals surface area contributed by atoms with E-state index in [9.17, 15) is 0 Å². The van der Waals surface area contributed by atoms with E-state index in [2.05, 4.69) is 23.5 Å². The SMILES string of the molecule is COc1cccc(C2CC(NCCc3ccco3)C2)c1. The Bertz CT molecular complexity index is 530. The summed E-state index contributed by atoms with van der Waals surface area (Å²) in [5.74, 6) is 2.68. The van der Waals surface area contributed by atoms with E-state index in [4.69, 9.17) is 9.15 Å². The minimum Gasteiger partial charge on any atom is -0.497 e. The molecule has 20 heavy (non-hydrogen) atoms. The zero-order chi connectivity index (χ0) is 13.8. The van der Waals surface area contributed by atoms with Gasteiger partial charge < -0.3 is 14.5 Å². The summed E-state index contributed by atoms with van der Waals surface area (Å²) in [5, 5.41) is 3.59. The van der Waals surface area contributed by atoms with Crippen LogP contribution < -0.4 is 10.1 Å². The predicted molar refractivity (Wildman–Crippen MR) is 79.2 cm³/mol. The van der Waals surface area contributed by atoms with Gasteiger partial charge in [0.15, 0.2) is 0 Å². The van der Waals surface area contributed by atoms with Crippen LogP contribution in [0.15, 0.2) is 47.1 Å². The monoisotopic (exact) mass is 271 g/mol. The molecule has 0 saturated heterocycles. The van der Waals surface area contributed by atoms with Gasteiger partial charge in [-0.25, -0.2) is 0 Å². The lowest BCUT2D eigenvalue weighted by molar-refractivity contribution is 0.290. The van der Waals surface area contributed by atoms with Gasteiger partial charge in [-0.3, -0.25) is 0 Å². The van der Waals surface area contributed by atoms with Crippen LogP contribution in [0.25, 0.3) is 0 Å². The summed E-state index contributed by atoms with van der Waals surface area (Å²) < 4.78 is 10.6. The first-order valence-corrected chi connectivity index (χ1v) is 7.25. The lowest BCUT2D eigenvalue weighted by atomic mass is 9.76. The molecule has 1 N–H and O–H groups in total. The van der Waals surface area contributed by atoms with E-state index >= 15 is 0 Å².